The third-order valence-corrected chi connectivity index (χ3v) is 4.17. The molecule has 8 nitrogen and oxygen atoms in total. The number of hydrogen-bond acceptors (Lipinski definition) is 7. The summed E-state index contributed by atoms with van der Waals surface area (Å²) in [6, 6.07) is 5.42. The minimum Gasteiger partial charge on any atom is -0.454 e. The molecule has 1 amide bonds. The van der Waals surface area contributed by atoms with Crippen molar-refractivity contribution < 1.29 is 28.3 Å². The zero-order chi connectivity index (χ0) is 19.6. The molecule has 1 aromatic carbocycles. The van der Waals surface area contributed by atoms with Crippen LogP contribution in [0.4, 0.5) is 0 Å². The number of esters is 1. The van der Waals surface area contributed by atoms with Crippen LogP contribution < -0.4 is 14.8 Å². The number of rotatable bonds is 6. The lowest BCUT2D eigenvalue weighted by Gasteiger charge is -2.14. The minimum atomic E-state index is -0.958. The molecule has 0 bridgehead atoms. The first-order valence-electron chi connectivity index (χ1n) is 8.70. The molecule has 1 aromatic heterocycles. The summed E-state index contributed by atoms with van der Waals surface area (Å²) in [5.41, 5.74) is 1.57. The Morgan fingerprint density at radius 2 is 1.96 bits per heavy atom. The zero-order valence-electron chi connectivity index (χ0n) is 15.7. The second kappa shape index (κ2) is 7.69. The fourth-order valence-corrected chi connectivity index (χ4v) is 2.69. The average Bonchev–Trinajstić information content (AvgIpc) is 3.25. The first-order valence-corrected chi connectivity index (χ1v) is 8.70. The molecule has 144 valence electrons. The van der Waals surface area contributed by atoms with E-state index >= 15 is 0 Å². The van der Waals surface area contributed by atoms with Crippen molar-refractivity contribution in [3.8, 4) is 11.5 Å². The van der Waals surface area contributed by atoms with Crippen molar-refractivity contribution in [1.82, 2.24) is 10.5 Å². The molecule has 1 atom stereocenters. The third kappa shape index (κ3) is 4.05. The van der Waals surface area contributed by atoms with E-state index in [9.17, 15) is 9.59 Å². The number of aromatic nitrogens is 1. The molecule has 0 radical (unpaired) electrons. The molecular weight excluding hydrogens is 352 g/mol. The van der Waals surface area contributed by atoms with E-state index in [2.05, 4.69) is 10.5 Å². The molecule has 3 rings (SSSR count). The highest BCUT2D eigenvalue weighted by molar-refractivity contribution is 5.94. The van der Waals surface area contributed by atoms with Crippen LogP contribution >= 0.6 is 0 Å². The predicted molar refractivity (Wildman–Crippen MR) is 94.6 cm³/mol. The summed E-state index contributed by atoms with van der Waals surface area (Å²) in [4.78, 5) is 24.7. The number of carbonyl (C=O) groups is 2. The molecule has 8 heteroatoms. The molecule has 1 aliphatic rings. The molecule has 0 fully saturated rings. The van der Waals surface area contributed by atoms with E-state index in [4.69, 9.17) is 18.7 Å². The molecule has 0 spiro atoms. The van der Waals surface area contributed by atoms with Gasteiger partial charge < -0.3 is 24.1 Å². The van der Waals surface area contributed by atoms with Gasteiger partial charge in [0.1, 0.15) is 5.56 Å². The molecule has 0 saturated carbocycles. The van der Waals surface area contributed by atoms with Gasteiger partial charge in [-0.15, -0.1) is 0 Å². The summed E-state index contributed by atoms with van der Waals surface area (Å²) >= 11 is 0. The zero-order valence-corrected chi connectivity index (χ0v) is 15.7. The van der Waals surface area contributed by atoms with E-state index in [-0.39, 0.29) is 24.8 Å². The van der Waals surface area contributed by atoms with Crippen molar-refractivity contribution in [3.05, 3.63) is 40.8 Å². The average molecular weight is 374 g/mol. The Kier molecular flexibility index (Phi) is 5.34. The maximum atomic E-state index is 12.4. The second-order valence-electron chi connectivity index (χ2n) is 6.61. The van der Waals surface area contributed by atoms with Crippen molar-refractivity contribution in [2.75, 3.05) is 6.79 Å². The lowest BCUT2D eigenvalue weighted by atomic mass is 10.1. The molecular formula is C19H22N2O6. The van der Waals surface area contributed by atoms with Gasteiger partial charge in [-0.2, -0.15) is 0 Å². The van der Waals surface area contributed by atoms with Gasteiger partial charge in [0.15, 0.2) is 23.4 Å². The maximum absolute atomic E-state index is 12.4. The van der Waals surface area contributed by atoms with Crippen LogP contribution in [0, 0.1) is 6.92 Å². The van der Waals surface area contributed by atoms with Gasteiger partial charge in [0.25, 0.3) is 5.91 Å². The number of nitrogens with one attached hydrogen (secondary N) is 1. The van der Waals surface area contributed by atoms with E-state index in [1.165, 1.54) is 6.92 Å². The summed E-state index contributed by atoms with van der Waals surface area (Å²) < 4.78 is 21.0. The number of hydrogen-bond donors (Lipinski definition) is 1. The maximum Gasteiger partial charge on any atom is 0.344 e. The van der Waals surface area contributed by atoms with E-state index < -0.39 is 18.0 Å². The fraction of sp³-hybridized carbons (Fsp3) is 0.421. The van der Waals surface area contributed by atoms with Gasteiger partial charge in [0, 0.05) is 12.5 Å². The van der Waals surface area contributed by atoms with Crippen molar-refractivity contribution in [2.24, 2.45) is 0 Å². The van der Waals surface area contributed by atoms with Crippen LogP contribution in [-0.2, 0) is 16.1 Å². The first-order chi connectivity index (χ1) is 12.9. The largest absolute Gasteiger partial charge is 0.454 e. The van der Waals surface area contributed by atoms with Crippen molar-refractivity contribution >= 4 is 11.9 Å². The molecule has 0 saturated heterocycles. The van der Waals surface area contributed by atoms with Crippen LogP contribution in [0.3, 0.4) is 0 Å². The van der Waals surface area contributed by atoms with E-state index in [1.54, 1.807) is 19.1 Å². The summed E-state index contributed by atoms with van der Waals surface area (Å²) in [5, 5.41) is 6.56. The SMILES string of the molecule is Cc1noc(C(C)C)c1C(=O)O[C@@H](C)C(=O)NCc1ccc2c(c1)OCO2. The van der Waals surface area contributed by atoms with Crippen LogP contribution in [0.5, 0.6) is 11.5 Å². The van der Waals surface area contributed by atoms with E-state index in [1.807, 2.05) is 19.9 Å². The predicted octanol–water partition coefficient (Wildman–Crippen LogP) is 2.70. The van der Waals surface area contributed by atoms with Crippen LogP contribution in [0.1, 0.15) is 54.1 Å². The van der Waals surface area contributed by atoms with Crippen molar-refractivity contribution in [2.45, 2.75) is 46.3 Å². The number of carbonyl (C=O) groups excluding carboxylic acids is 2. The van der Waals surface area contributed by atoms with Crippen molar-refractivity contribution in [1.29, 1.82) is 0 Å². The molecule has 1 aliphatic heterocycles. The summed E-state index contributed by atoms with van der Waals surface area (Å²) in [5.74, 6) is 0.724. The quantitative estimate of drug-likeness (QED) is 0.776. The number of ether oxygens (including phenoxy) is 3. The number of aryl methyl sites for hydroxylation is 1. The van der Waals surface area contributed by atoms with Crippen LogP contribution in [0.2, 0.25) is 0 Å². The van der Waals surface area contributed by atoms with Gasteiger partial charge >= 0.3 is 5.97 Å². The molecule has 2 aromatic rings. The number of fused-ring (bicyclic) bond motifs is 1. The van der Waals surface area contributed by atoms with Crippen LogP contribution in [0.15, 0.2) is 22.7 Å². The smallest absolute Gasteiger partial charge is 0.344 e. The summed E-state index contributed by atoms with van der Waals surface area (Å²) in [6.07, 6.45) is -0.958. The monoisotopic (exact) mass is 374 g/mol. The standard InChI is InChI=1S/C19H22N2O6/c1-10(2)17-16(11(3)21-27-17)19(23)26-12(4)18(22)20-8-13-5-6-14-15(7-13)25-9-24-14/h5-7,10,12H,8-9H2,1-4H3,(H,20,22)/t12-/m0/s1. The molecule has 1 N–H and O–H groups in total. The van der Waals surface area contributed by atoms with Gasteiger partial charge in [-0.25, -0.2) is 4.79 Å². The number of nitrogens with zero attached hydrogens (tertiary/aromatic N) is 1. The van der Waals surface area contributed by atoms with Gasteiger partial charge in [-0.1, -0.05) is 25.1 Å². The lowest BCUT2D eigenvalue weighted by molar-refractivity contribution is -0.129. The van der Waals surface area contributed by atoms with Crippen LogP contribution in [0.25, 0.3) is 0 Å². The highest BCUT2D eigenvalue weighted by Crippen LogP contribution is 2.32. The third-order valence-electron chi connectivity index (χ3n) is 4.17. The van der Waals surface area contributed by atoms with Gasteiger partial charge in [0.2, 0.25) is 6.79 Å². The molecule has 0 unspecified atom stereocenters. The Morgan fingerprint density at radius 3 is 2.70 bits per heavy atom. The second-order valence-corrected chi connectivity index (χ2v) is 6.61. The van der Waals surface area contributed by atoms with E-state index in [0.717, 1.165) is 5.56 Å². The Bertz CT molecular complexity index is 858. The summed E-state index contributed by atoms with van der Waals surface area (Å²) in [6.45, 7) is 7.43. The lowest BCUT2D eigenvalue weighted by Crippen LogP contribution is -2.35. The topological polar surface area (TPSA) is 99.9 Å². The minimum absolute atomic E-state index is 0.0242. The molecule has 0 aliphatic carbocycles. The van der Waals surface area contributed by atoms with E-state index in [0.29, 0.717) is 23.0 Å². The Balaban J connectivity index is 1.58. The Morgan fingerprint density at radius 1 is 1.22 bits per heavy atom. The highest BCUT2D eigenvalue weighted by atomic mass is 16.7. The summed E-state index contributed by atoms with van der Waals surface area (Å²) in [7, 11) is 0. The normalized spacial score (nSPS) is 13.5. The van der Waals surface area contributed by atoms with Crippen LogP contribution in [-0.4, -0.2) is 29.9 Å². The van der Waals surface area contributed by atoms with Crippen molar-refractivity contribution in [3.63, 3.8) is 0 Å². The first kappa shape index (κ1) is 18.8. The fourth-order valence-electron chi connectivity index (χ4n) is 2.69. The van der Waals surface area contributed by atoms with Gasteiger partial charge in [-0.3, -0.25) is 4.79 Å². The molecule has 27 heavy (non-hydrogen) atoms. The Hall–Kier alpha value is -3.03. The number of benzene rings is 1. The number of amides is 1. The molecule has 2 heterocycles. The van der Waals surface area contributed by atoms with Gasteiger partial charge in [0.05, 0.1) is 5.69 Å². The highest BCUT2D eigenvalue weighted by Gasteiger charge is 2.27. The Labute approximate surface area is 156 Å². The van der Waals surface area contributed by atoms with Gasteiger partial charge in [-0.05, 0) is 31.5 Å².